The molecule has 5 rings (SSSR count). The fraction of sp³-hybridized carbons (Fsp3) is 0.143. The number of ether oxygens (including phenoxy) is 1. The molecule has 3 heterocycles. The average molecular weight is 404 g/mol. The molecule has 2 aromatic carbocycles. The molecule has 0 aliphatic carbocycles. The number of nitrogens with zero attached hydrogens (tertiary/aromatic N) is 4. The summed E-state index contributed by atoms with van der Waals surface area (Å²) in [5.74, 6) is 0.613. The molecule has 0 saturated carbocycles. The lowest BCUT2D eigenvalue weighted by atomic mass is 10.1. The van der Waals surface area contributed by atoms with Gasteiger partial charge in [-0.2, -0.15) is 14.8 Å². The van der Waals surface area contributed by atoms with Crippen molar-refractivity contribution in [3.05, 3.63) is 71.3 Å². The van der Waals surface area contributed by atoms with Crippen LogP contribution in [0.4, 0.5) is 10.2 Å². The summed E-state index contributed by atoms with van der Waals surface area (Å²) in [6.07, 6.45) is 2.22. The maximum Gasteiger partial charge on any atom is 0.253 e. The first-order valence-corrected chi connectivity index (χ1v) is 9.39. The smallest absolute Gasteiger partial charge is 0.253 e. The Bertz CT molecular complexity index is 1290. The van der Waals surface area contributed by atoms with Crippen molar-refractivity contribution in [2.24, 2.45) is 5.73 Å². The Hall–Kier alpha value is -4.01. The number of hydrogen-bond donors (Lipinski definition) is 2. The first kappa shape index (κ1) is 18.0. The Kier molecular flexibility index (Phi) is 4.27. The minimum Gasteiger partial charge on any atom is -0.487 e. The van der Waals surface area contributed by atoms with Crippen LogP contribution in [0, 0.1) is 5.82 Å². The molecule has 1 aliphatic heterocycles. The van der Waals surface area contributed by atoms with Gasteiger partial charge in [-0.25, -0.2) is 9.37 Å². The Morgan fingerprint density at radius 1 is 1.23 bits per heavy atom. The van der Waals surface area contributed by atoms with Crippen molar-refractivity contribution in [3.63, 3.8) is 0 Å². The summed E-state index contributed by atoms with van der Waals surface area (Å²) in [6, 6.07) is 11.6. The fourth-order valence-corrected chi connectivity index (χ4v) is 3.53. The van der Waals surface area contributed by atoms with Gasteiger partial charge in [-0.3, -0.25) is 4.79 Å². The van der Waals surface area contributed by atoms with E-state index in [0.29, 0.717) is 53.6 Å². The van der Waals surface area contributed by atoms with Crippen molar-refractivity contribution in [3.8, 4) is 11.7 Å². The molecule has 0 radical (unpaired) electrons. The number of primary amides is 1. The second-order valence-corrected chi connectivity index (χ2v) is 6.89. The molecule has 0 atom stereocenters. The molecule has 0 bridgehead atoms. The number of hydrogen-bond acceptors (Lipinski definition) is 6. The quantitative estimate of drug-likeness (QED) is 0.529. The van der Waals surface area contributed by atoms with Crippen LogP contribution >= 0.6 is 0 Å². The molecule has 150 valence electrons. The number of nitrogens with two attached hydrogens (primary N) is 1. The Balaban J connectivity index is 1.56. The van der Waals surface area contributed by atoms with Crippen LogP contribution in [0.3, 0.4) is 0 Å². The molecule has 8 nitrogen and oxygen atoms in total. The molecule has 1 aliphatic rings. The number of benzene rings is 2. The number of anilines is 1. The van der Waals surface area contributed by atoms with Crippen molar-refractivity contribution >= 4 is 22.6 Å². The van der Waals surface area contributed by atoms with Gasteiger partial charge in [0.1, 0.15) is 5.82 Å². The number of carbonyl (C=O) groups is 1. The van der Waals surface area contributed by atoms with Gasteiger partial charge < -0.3 is 15.8 Å². The molecular weight excluding hydrogens is 387 g/mol. The van der Waals surface area contributed by atoms with Gasteiger partial charge in [0.2, 0.25) is 5.91 Å². The Morgan fingerprint density at radius 2 is 2.10 bits per heavy atom. The molecule has 3 N–H and O–H groups in total. The third kappa shape index (κ3) is 3.10. The molecule has 0 spiro atoms. The van der Waals surface area contributed by atoms with E-state index in [2.05, 4.69) is 20.4 Å². The summed E-state index contributed by atoms with van der Waals surface area (Å²) < 4.78 is 20.7. The van der Waals surface area contributed by atoms with Crippen LogP contribution in [0.15, 0.2) is 48.7 Å². The molecule has 1 amide bonds. The molecule has 30 heavy (non-hydrogen) atoms. The number of amides is 1. The van der Waals surface area contributed by atoms with Crippen LogP contribution in [0.2, 0.25) is 0 Å². The second-order valence-electron chi connectivity index (χ2n) is 6.89. The van der Waals surface area contributed by atoms with Crippen molar-refractivity contribution < 1.29 is 13.9 Å². The largest absolute Gasteiger partial charge is 0.487 e. The lowest BCUT2D eigenvalue weighted by molar-refractivity contribution is 0.100. The van der Waals surface area contributed by atoms with E-state index in [9.17, 15) is 9.18 Å². The molecule has 2 aromatic heterocycles. The van der Waals surface area contributed by atoms with Crippen molar-refractivity contribution in [1.29, 1.82) is 0 Å². The standard InChI is InChI=1S/C21H17FN6O2/c22-13-4-1-3-12(9-13)10-24-20-18-16(7-8-30-18)26-21(27-20)28-17-6-2-5-14(19(23)29)15(17)11-25-28/h1-6,9,11H,7-8,10H2,(H2,23,29)(H,24,26,27). The highest BCUT2D eigenvalue weighted by Gasteiger charge is 2.23. The summed E-state index contributed by atoms with van der Waals surface area (Å²) in [5.41, 5.74) is 8.06. The summed E-state index contributed by atoms with van der Waals surface area (Å²) in [4.78, 5) is 20.9. The zero-order chi connectivity index (χ0) is 20.7. The second kappa shape index (κ2) is 7.11. The van der Waals surface area contributed by atoms with E-state index in [0.717, 1.165) is 11.3 Å². The number of aromatic nitrogens is 4. The number of fused-ring (bicyclic) bond motifs is 2. The first-order chi connectivity index (χ1) is 14.6. The SMILES string of the molecule is NC(=O)c1cccc2c1cnn2-c1nc2c(c(NCc3cccc(F)c3)n1)OCC2. The lowest BCUT2D eigenvalue weighted by Crippen LogP contribution is -2.11. The Morgan fingerprint density at radius 3 is 2.93 bits per heavy atom. The van der Waals surface area contributed by atoms with Gasteiger partial charge in [0.05, 0.1) is 29.6 Å². The molecule has 0 unspecified atom stereocenters. The van der Waals surface area contributed by atoms with Crippen LogP contribution in [0.1, 0.15) is 21.6 Å². The minimum absolute atomic E-state index is 0.299. The molecule has 0 fully saturated rings. The fourth-order valence-electron chi connectivity index (χ4n) is 3.53. The van der Waals surface area contributed by atoms with E-state index in [1.54, 1.807) is 29.1 Å². The van der Waals surface area contributed by atoms with Crippen LogP contribution in [-0.4, -0.2) is 32.3 Å². The van der Waals surface area contributed by atoms with Crippen molar-refractivity contribution in [2.75, 3.05) is 11.9 Å². The normalized spacial score (nSPS) is 12.6. The summed E-state index contributed by atoms with van der Waals surface area (Å²) in [7, 11) is 0. The van der Waals surface area contributed by atoms with Gasteiger partial charge in [0.25, 0.3) is 5.95 Å². The van der Waals surface area contributed by atoms with E-state index >= 15 is 0 Å². The number of rotatable bonds is 5. The van der Waals surface area contributed by atoms with Gasteiger partial charge in [0, 0.05) is 18.4 Å². The van der Waals surface area contributed by atoms with E-state index in [4.69, 9.17) is 10.5 Å². The maximum atomic E-state index is 13.5. The van der Waals surface area contributed by atoms with Crippen molar-refractivity contribution in [1.82, 2.24) is 19.7 Å². The average Bonchev–Trinajstić information content (AvgIpc) is 3.38. The highest BCUT2D eigenvalue weighted by molar-refractivity contribution is 6.05. The zero-order valence-corrected chi connectivity index (χ0v) is 15.8. The summed E-state index contributed by atoms with van der Waals surface area (Å²) in [6.45, 7) is 0.878. The van der Waals surface area contributed by atoms with Gasteiger partial charge in [-0.15, -0.1) is 0 Å². The number of nitrogens with one attached hydrogen (secondary N) is 1. The van der Waals surface area contributed by atoms with Crippen LogP contribution < -0.4 is 15.8 Å². The van der Waals surface area contributed by atoms with E-state index in [1.807, 2.05) is 12.1 Å². The highest BCUT2D eigenvalue weighted by Crippen LogP contribution is 2.32. The number of halogens is 1. The molecule has 0 saturated heterocycles. The predicted molar refractivity (Wildman–Crippen MR) is 108 cm³/mol. The van der Waals surface area contributed by atoms with Crippen LogP contribution in [-0.2, 0) is 13.0 Å². The zero-order valence-electron chi connectivity index (χ0n) is 15.8. The van der Waals surface area contributed by atoms with Crippen molar-refractivity contribution in [2.45, 2.75) is 13.0 Å². The predicted octanol–water partition coefficient (Wildman–Crippen LogP) is 2.60. The summed E-state index contributed by atoms with van der Waals surface area (Å²) >= 11 is 0. The third-order valence-electron chi connectivity index (χ3n) is 4.93. The third-order valence-corrected chi connectivity index (χ3v) is 4.93. The van der Waals surface area contributed by atoms with Gasteiger partial charge in [-0.1, -0.05) is 18.2 Å². The monoisotopic (exact) mass is 404 g/mol. The lowest BCUT2D eigenvalue weighted by Gasteiger charge is -2.12. The van der Waals surface area contributed by atoms with E-state index in [1.165, 1.54) is 12.1 Å². The first-order valence-electron chi connectivity index (χ1n) is 9.39. The molecule has 4 aromatic rings. The van der Waals surface area contributed by atoms with Crippen LogP contribution in [0.5, 0.6) is 5.75 Å². The van der Waals surface area contributed by atoms with Crippen LogP contribution in [0.25, 0.3) is 16.9 Å². The topological polar surface area (TPSA) is 108 Å². The van der Waals surface area contributed by atoms with Gasteiger partial charge >= 0.3 is 0 Å². The highest BCUT2D eigenvalue weighted by atomic mass is 19.1. The minimum atomic E-state index is -0.527. The molecular formula is C21H17FN6O2. The van der Waals surface area contributed by atoms with E-state index < -0.39 is 5.91 Å². The van der Waals surface area contributed by atoms with Gasteiger partial charge in [-0.05, 0) is 29.8 Å². The molecule has 9 heteroatoms. The maximum absolute atomic E-state index is 13.5. The van der Waals surface area contributed by atoms with Gasteiger partial charge in [0.15, 0.2) is 11.6 Å². The number of carbonyl (C=O) groups excluding carboxylic acids is 1. The van der Waals surface area contributed by atoms with E-state index in [-0.39, 0.29) is 5.82 Å². The Labute approximate surface area is 170 Å². The summed E-state index contributed by atoms with van der Waals surface area (Å²) in [5, 5.41) is 8.21.